The Balaban J connectivity index is 1.43. The number of aromatic nitrogens is 1. The van der Waals surface area contributed by atoms with Crippen LogP contribution in [0.1, 0.15) is 17.3 Å². The number of nitrogens with one attached hydrogen (secondary N) is 3. The number of allylic oxidation sites excluding steroid dienone is 2. The van der Waals surface area contributed by atoms with Gasteiger partial charge in [-0.2, -0.15) is 0 Å². The van der Waals surface area contributed by atoms with Gasteiger partial charge in [0.1, 0.15) is 0 Å². The zero-order valence-corrected chi connectivity index (χ0v) is 21.6. The summed E-state index contributed by atoms with van der Waals surface area (Å²) in [4.78, 5) is 21.0. The second-order valence-electron chi connectivity index (χ2n) is 8.43. The summed E-state index contributed by atoms with van der Waals surface area (Å²) in [6.45, 7) is 1.89. The Morgan fingerprint density at radius 1 is 0.947 bits per heavy atom. The molecule has 190 valence electrons. The number of fused-ring (bicyclic) bond motifs is 1. The fourth-order valence-electron chi connectivity index (χ4n) is 3.63. The maximum Gasteiger partial charge on any atom is 0.255 e. The maximum absolute atomic E-state index is 12.7. The monoisotopic (exact) mass is 523 g/mol. The topological polar surface area (TPSA) is 113 Å². The van der Waals surface area contributed by atoms with E-state index in [2.05, 4.69) is 32.0 Å². The van der Waals surface area contributed by atoms with Gasteiger partial charge in [-0.15, -0.1) is 0 Å². The first-order valence-electron chi connectivity index (χ1n) is 11.5. The highest BCUT2D eigenvalue weighted by Crippen LogP contribution is 2.27. The van der Waals surface area contributed by atoms with Gasteiger partial charge in [-0.05, 0) is 85.8 Å². The first-order valence-corrected chi connectivity index (χ1v) is 13.4. The van der Waals surface area contributed by atoms with Crippen molar-refractivity contribution in [3.05, 3.63) is 96.3 Å². The van der Waals surface area contributed by atoms with E-state index in [1.807, 2.05) is 19.1 Å². The summed E-state index contributed by atoms with van der Waals surface area (Å²) in [6.07, 6.45) is 11.2. The summed E-state index contributed by atoms with van der Waals surface area (Å²) in [5, 5.41) is 10.1. The van der Waals surface area contributed by atoms with Crippen LogP contribution in [0.5, 0.6) is 0 Å². The molecular formula is C29H25N5O3S. The molecule has 9 heteroatoms. The standard InChI is InChI=1S/C29H25N5O3S/c1-4-30-17-15-20(2)32-22-9-11-24(12-10-22)34-29(35)21-5-7-23(8-6-21)33-28-16-18-31-27-14-13-25(19-26(27)28)38(3,36)37/h1,5-19,32H,2-3H3,(H,31,33)(H,34,35)/b20-15+,30-17-. The third kappa shape index (κ3) is 6.63. The molecule has 8 nitrogen and oxygen atoms in total. The van der Waals surface area contributed by atoms with E-state index >= 15 is 0 Å². The number of sulfone groups is 1. The van der Waals surface area contributed by atoms with E-state index in [4.69, 9.17) is 6.42 Å². The van der Waals surface area contributed by atoms with Crippen molar-refractivity contribution in [3.8, 4) is 12.5 Å². The van der Waals surface area contributed by atoms with Crippen molar-refractivity contribution in [2.45, 2.75) is 11.8 Å². The highest BCUT2D eigenvalue weighted by molar-refractivity contribution is 7.90. The second kappa shape index (κ2) is 11.4. The van der Waals surface area contributed by atoms with E-state index in [-0.39, 0.29) is 10.8 Å². The van der Waals surface area contributed by atoms with Gasteiger partial charge in [-0.3, -0.25) is 9.78 Å². The summed E-state index contributed by atoms with van der Waals surface area (Å²) < 4.78 is 24.0. The minimum atomic E-state index is -3.35. The minimum Gasteiger partial charge on any atom is -0.359 e. The molecule has 0 fully saturated rings. The summed E-state index contributed by atoms with van der Waals surface area (Å²) in [6, 6.07) is 23.1. The van der Waals surface area contributed by atoms with E-state index in [9.17, 15) is 13.2 Å². The number of amides is 1. The summed E-state index contributed by atoms with van der Waals surface area (Å²) in [5.74, 6) is -0.244. The zero-order chi connectivity index (χ0) is 27.1. The Morgan fingerprint density at radius 2 is 1.61 bits per heavy atom. The molecule has 0 unspecified atom stereocenters. The van der Waals surface area contributed by atoms with Crippen LogP contribution in [0, 0.1) is 12.5 Å². The molecule has 0 aliphatic carbocycles. The third-order valence-electron chi connectivity index (χ3n) is 5.53. The van der Waals surface area contributed by atoms with E-state index in [1.165, 1.54) is 12.5 Å². The van der Waals surface area contributed by atoms with Crippen molar-refractivity contribution in [2.75, 3.05) is 22.2 Å². The summed E-state index contributed by atoms with van der Waals surface area (Å²) >= 11 is 0. The van der Waals surface area contributed by atoms with Gasteiger partial charge in [-0.1, -0.05) is 6.42 Å². The van der Waals surface area contributed by atoms with Crippen LogP contribution in [-0.2, 0) is 9.84 Å². The van der Waals surface area contributed by atoms with Crippen molar-refractivity contribution in [3.63, 3.8) is 0 Å². The number of hydrogen-bond acceptors (Lipinski definition) is 7. The zero-order valence-electron chi connectivity index (χ0n) is 20.8. The number of terminal acetylenes is 1. The normalized spacial score (nSPS) is 11.8. The Kier molecular flexibility index (Phi) is 7.85. The first-order chi connectivity index (χ1) is 18.2. The Hall–Kier alpha value is -4.94. The third-order valence-corrected chi connectivity index (χ3v) is 6.64. The van der Waals surface area contributed by atoms with Crippen LogP contribution in [-0.4, -0.2) is 31.8 Å². The fraction of sp³-hybridized carbons (Fsp3) is 0.0690. The number of hydrogen-bond donors (Lipinski definition) is 3. The van der Waals surface area contributed by atoms with Crippen molar-refractivity contribution in [1.82, 2.24) is 4.98 Å². The molecule has 0 saturated carbocycles. The second-order valence-corrected chi connectivity index (χ2v) is 10.4. The average Bonchev–Trinajstić information content (AvgIpc) is 2.90. The van der Waals surface area contributed by atoms with Gasteiger partial charge in [0.05, 0.1) is 10.4 Å². The number of aliphatic imine (C=N–C) groups is 1. The van der Waals surface area contributed by atoms with Crippen molar-refractivity contribution in [2.24, 2.45) is 4.99 Å². The van der Waals surface area contributed by atoms with Crippen LogP contribution in [0.25, 0.3) is 10.9 Å². The average molecular weight is 524 g/mol. The van der Waals surface area contributed by atoms with Crippen molar-refractivity contribution < 1.29 is 13.2 Å². The van der Waals surface area contributed by atoms with Crippen LogP contribution in [0.15, 0.2) is 101 Å². The van der Waals surface area contributed by atoms with Gasteiger partial charge in [0.25, 0.3) is 5.91 Å². The van der Waals surface area contributed by atoms with Crippen molar-refractivity contribution in [1.29, 1.82) is 0 Å². The number of rotatable bonds is 8. The molecule has 1 amide bonds. The van der Waals surface area contributed by atoms with Gasteiger partial charge < -0.3 is 16.0 Å². The van der Waals surface area contributed by atoms with Crippen LogP contribution in [0.3, 0.4) is 0 Å². The lowest BCUT2D eigenvalue weighted by molar-refractivity contribution is 0.102. The molecule has 1 aromatic heterocycles. The predicted octanol–water partition coefficient (Wildman–Crippen LogP) is 5.61. The molecule has 38 heavy (non-hydrogen) atoms. The van der Waals surface area contributed by atoms with Crippen molar-refractivity contribution >= 4 is 55.6 Å². The molecule has 0 aliphatic rings. The number of carbonyl (C=O) groups excluding carboxylic acids is 1. The van der Waals surface area contributed by atoms with Gasteiger partial charge in [0.2, 0.25) is 0 Å². The van der Waals surface area contributed by atoms with Crippen LogP contribution >= 0.6 is 0 Å². The number of benzene rings is 3. The van der Waals surface area contributed by atoms with Gasteiger partial charge >= 0.3 is 0 Å². The van der Waals surface area contributed by atoms with Gasteiger partial charge in [0, 0.05) is 64.1 Å². The Bertz CT molecular complexity index is 1690. The fourth-order valence-corrected chi connectivity index (χ4v) is 4.27. The Morgan fingerprint density at radius 3 is 2.26 bits per heavy atom. The SMILES string of the molecule is C#C/N=C\C=C(/C)Nc1ccc(NC(=O)c2ccc(Nc3ccnc4ccc(S(C)(=O)=O)cc34)cc2)cc1. The molecule has 4 rings (SSSR count). The van der Waals surface area contributed by atoms with E-state index in [0.717, 1.165) is 17.1 Å². The lowest BCUT2D eigenvalue weighted by atomic mass is 10.1. The molecule has 0 spiro atoms. The predicted molar refractivity (Wildman–Crippen MR) is 154 cm³/mol. The molecule has 0 bridgehead atoms. The van der Waals surface area contributed by atoms with Gasteiger partial charge in [0.15, 0.2) is 9.84 Å². The number of nitrogens with zero attached hydrogens (tertiary/aromatic N) is 2. The largest absolute Gasteiger partial charge is 0.359 e. The Labute approximate surface area is 221 Å². The number of pyridine rings is 1. The quantitative estimate of drug-likeness (QED) is 0.204. The minimum absolute atomic E-state index is 0.220. The molecule has 0 atom stereocenters. The molecule has 3 aromatic carbocycles. The molecule has 3 N–H and O–H groups in total. The van der Waals surface area contributed by atoms with Crippen LogP contribution < -0.4 is 16.0 Å². The molecule has 0 aliphatic heterocycles. The van der Waals surface area contributed by atoms with Gasteiger partial charge in [-0.25, -0.2) is 13.4 Å². The van der Waals surface area contributed by atoms with Crippen LogP contribution in [0.2, 0.25) is 0 Å². The highest BCUT2D eigenvalue weighted by Gasteiger charge is 2.11. The lowest BCUT2D eigenvalue weighted by Crippen LogP contribution is -2.11. The van der Waals surface area contributed by atoms with E-state index in [0.29, 0.717) is 27.8 Å². The molecule has 0 radical (unpaired) electrons. The smallest absolute Gasteiger partial charge is 0.255 e. The molecule has 1 heterocycles. The first kappa shape index (κ1) is 26.1. The molecule has 4 aromatic rings. The summed E-state index contributed by atoms with van der Waals surface area (Å²) in [5.41, 5.74) is 4.98. The van der Waals surface area contributed by atoms with E-state index < -0.39 is 9.84 Å². The highest BCUT2D eigenvalue weighted by atomic mass is 32.2. The molecule has 0 saturated heterocycles. The van der Waals surface area contributed by atoms with E-state index in [1.54, 1.807) is 72.9 Å². The summed E-state index contributed by atoms with van der Waals surface area (Å²) in [7, 11) is -3.35. The lowest BCUT2D eigenvalue weighted by Gasteiger charge is -2.12. The maximum atomic E-state index is 12.7. The number of anilines is 4. The number of carbonyl (C=O) groups is 1. The van der Waals surface area contributed by atoms with Crippen LogP contribution in [0.4, 0.5) is 22.7 Å². The molecular weight excluding hydrogens is 498 g/mol.